The molecule has 112 valence electrons. The van der Waals surface area contributed by atoms with Crippen LogP contribution in [0.2, 0.25) is 0 Å². The normalized spacial score (nSPS) is 19.8. The van der Waals surface area contributed by atoms with Crippen LogP contribution in [0.4, 0.5) is 0 Å². The van der Waals surface area contributed by atoms with Crippen LogP contribution in [0.15, 0.2) is 0 Å². The highest BCUT2D eigenvalue weighted by Crippen LogP contribution is 2.17. The molecule has 4 nitrogen and oxygen atoms in total. The SMILES string of the molecule is CC(C(=O)N(C)CC(C)(C)CN)N1CCCCCC1. The highest BCUT2D eigenvalue weighted by atomic mass is 16.2. The molecule has 1 heterocycles. The molecule has 0 saturated carbocycles. The summed E-state index contributed by atoms with van der Waals surface area (Å²) in [5.74, 6) is 0.225. The third kappa shape index (κ3) is 5.11. The second-order valence-electron chi connectivity index (χ2n) is 6.69. The summed E-state index contributed by atoms with van der Waals surface area (Å²) >= 11 is 0. The van der Waals surface area contributed by atoms with Crippen molar-refractivity contribution in [3.63, 3.8) is 0 Å². The average molecular weight is 269 g/mol. The van der Waals surface area contributed by atoms with Gasteiger partial charge in [-0.2, -0.15) is 0 Å². The van der Waals surface area contributed by atoms with Crippen LogP contribution < -0.4 is 5.73 Å². The van der Waals surface area contributed by atoms with Crippen molar-refractivity contribution in [2.45, 2.75) is 52.5 Å². The van der Waals surface area contributed by atoms with E-state index >= 15 is 0 Å². The van der Waals surface area contributed by atoms with E-state index in [-0.39, 0.29) is 17.4 Å². The number of rotatable bonds is 5. The maximum absolute atomic E-state index is 12.5. The number of likely N-dealkylation sites (N-methyl/N-ethyl adjacent to an activating group) is 1. The van der Waals surface area contributed by atoms with E-state index in [0.29, 0.717) is 6.54 Å². The minimum Gasteiger partial charge on any atom is -0.344 e. The van der Waals surface area contributed by atoms with Crippen molar-refractivity contribution in [3.05, 3.63) is 0 Å². The zero-order valence-corrected chi connectivity index (χ0v) is 13.1. The van der Waals surface area contributed by atoms with E-state index in [2.05, 4.69) is 18.7 Å². The molecule has 0 aliphatic carbocycles. The van der Waals surface area contributed by atoms with Gasteiger partial charge in [-0.3, -0.25) is 9.69 Å². The van der Waals surface area contributed by atoms with Crippen LogP contribution in [-0.4, -0.2) is 55.0 Å². The van der Waals surface area contributed by atoms with Gasteiger partial charge in [-0.25, -0.2) is 0 Å². The number of carbonyl (C=O) groups is 1. The van der Waals surface area contributed by atoms with Crippen LogP contribution in [0.25, 0.3) is 0 Å². The van der Waals surface area contributed by atoms with Gasteiger partial charge >= 0.3 is 0 Å². The molecule has 0 aromatic carbocycles. The molecular formula is C15H31N3O. The topological polar surface area (TPSA) is 49.6 Å². The first kappa shape index (κ1) is 16.4. The van der Waals surface area contributed by atoms with E-state index in [1.165, 1.54) is 25.7 Å². The third-order valence-electron chi connectivity index (χ3n) is 4.14. The maximum Gasteiger partial charge on any atom is 0.239 e. The molecule has 0 spiro atoms. The van der Waals surface area contributed by atoms with Gasteiger partial charge in [0.05, 0.1) is 6.04 Å². The highest BCUT2D eigenvalue weighted by Gasteiger charge is 2.27. The fourth-order valence-electron chi connectivity index (χ4n) is 2.74. The summed E-state index contributed by atoms with van der Waals surface area (Å²) < 4.78 is 0. The van der Waals surface area contributed by atoms with Crippen molar-refractivity contribution >= 4 is 5.91 Å². The molecule has 0 aromatic heterocycles. The van der Waals surface area contributed by atoms with Crippen LogP contribution in [0.5, 0.6) is 0 Å². The Labute approximate surface area is 118 Å². The molecule has 0 aromatic rings. The van der Waals surface area contributed by atoms with Crippen molar-refractivity contribution in [2.24, 2.45) is 11.1 Å². The van der Waals surface area contributed by atoms with Crippen molar-refractivity contribution in [1.29, 1.82) is 0 Å². The maximum atomic E-state index is 12.5. The Morgan fingerprint density at radius 3 is 2.26 bits per heavy atom. The lowest BCUT2D eigenvalue weighted by atomic mass is 9.93. The minimum absolute atomic E-state index is 0.00308. The average Bonchev–Trinajstić information content (AvgIpc) is 2.65. The summed E-state index contributed by atoms with van der Waals surface area (Å²) in [4.78, 5) is 16.7. The Bertz CT molecular complexity index is 283. The lowest BCUT2D eigenvalue weighted by Crippen LogP contribution is -2.49. The van der Waals surface area contributed by atoms with Crippen LogP contribution in [0.1, 0.15) is 46.5 Å². The zero-order chi connectivity index (χ0) is 14.5. The number of hydrogen-bond donors (Lipinski definition) is 1. The molecule has 1 atom stereocenters. The molecule has 1 aliphatic heterocycles. The van der Waals surface area contributed by atoms with E-state index in [1.807, 2.05) is 18.9 Å². The monoisotopic (exact) mass is 269 g/mol. The van der Waals surface area contributed by atoms with Crippen LogP contribution >= 0.6 is 0 Å². The summed E-state index contributed by atoms with van der Waals surface area (Å²) in [6.07, 6.45) is 5.03. The van der Waals surface area contributed by atoms with Gasteiger partial charge in [0.15, 0.2) is 0 Å². The van der Waals surface area contributed by atoms with Gasteiger partial charge < -0.3 is 10.6 Å². The molecule has 4 heteroatoms. The molecule has 0 bridgehead atoms. The molecule has 0 radical (unpaired) electrons. The molecule has 1 fully saturated rings. The predicted molar refractivity (Wildman–Crippen MR) is 80.0 cm³/mol. The highest BCUT2D eigenvalue weighted by molar-refractivity contribution is 5.81. The molecule has 2 N–H and O–H groups in total. The number of carbonyl (C=O) groups excluding carboxylic acids is 1. The van der Waals surface area contributed by atoms with Crippen molar-refractivity contribution in [3.8, 4) is 0 Å². The fraction of sp³-hybridized carbons (Fsp3) is 0.933. The first-order chi connectivity index (χ1) is 8.87. The summed E-state index contributed by atoms with van der Waals surface area (Å²) in [6.45, 7) is 9.69. The summed E-state index contributed by atoms with van der Waals surface area (Å²) in [6, 6.07) is -0.00308. The molecule has 1 aliphatic rings. The predicted octanol–water partition coefficient (Wildman–Crippen LogP) is 1.69. The van der Waals surface area contributed by atoms with Gasteiger partial charge in [0.1, 0.15) is 0 Å². The Kier molecular flexibility index (Phi) is 6.27. The molecule has 1 saturated heterocycles. The first-order valence-electron chi connectivity index (χ1n) is 7.56. The Hall–Kier alpha value is -0.610. The van der Waals surface area contributed by atoms with Gasteiger partial charge in [0, 0.05) is 13.6 Å². The van der Waals surface area contributed by atoms with Gasteiger partial charge in [-0.05, 0) is 44.8 Å². The Balaban J connectivity index is 2.54. The van der Waals surface area contributed by atoms with Crippen LogP contribution in [0.3, 0.4) is 0 Å². The van der Waals surface area contributed by atoms with Crippen molar-refractivity contribution in [2.75, 3.05) is 33.2 Å². The summed E-state index contributed by atoms with van der Waals surface area (Å²) in [7, 11) is 1.90. The fourth-order valence-corrected chi connectivity index (χ4v) is 2.74. The molecule has 19 heavy (non-hydrogen) atoms. The number of nitrogens with two attached hydrogens (primary N) is 1. The second-order valence-corrected chi connectivity index (χ2v) is 6.69. The number of hydrogen-bond acceptors (Lipinski definition) is 3. The smallest absolute Gasteiger partial charge is 0.239 e. The lowest BCUT2D eigenvalue weighted by molar-refractivity contribution is -0.136. The largest absolute Gasteiger partial charge is 0.344 e. The van der Waals surface area contributed by atoms with E-state index in [4.69, 9.17) is 5.73 Å². The summed E-state index contributed by atoms with van der Waals surface area (Å²) in [5, 5.41) is 0. The van der Waals surface area contributed by atoms with E-state index in [0.717, 1.165) is 19.6 Å². The van der Waals surface area contributed by atoms with Gasteiger partial charge in [-0.1, -0.05) is 26.7 Å². The third-order valence-corrected chi connectivity index (χ3v) is 4.14. The van der Waals surface area contributed by atoms with Gasteiger partial charge in [-0.15, -0.1) is 0 Å². The molecule has 1 amide bonds. The summed E-state index contributed by atoms with van der Waals surface area (Å²) in [5.41, 5.74) is 5.73. The molecule has 1 rings (SSSR count). The Morgan fingerprint density at radius 1 is 1.26 bits per heavy atom. The standard InChI is InChI=1S/C15H31N3O/c1-13(18-9-7-5-6-8-10-18)14(19)17(4)12-15(2,3)11-16/h13H,5-12,16H2,1-4H3. The van der Waals surface area contributed by atoms with Gasteiger partial charge in [0.2, 0.25) is 5.91 Å². The molecule has 1 unspecified atom stereocenters. The zero-order valence-electron chi connectivity index (χ0n) is 13.1. The van der Waals surface area contributed by atoms with E-state index in [9.17, 15) is 4.79 Å². The number of likely N-dealkylation sites (tertiary alicyclic amines) is 1. The van der Waals surface area contributed by atoms with Gasteiger partial charge in [0.25, 0.3) is 0 Å². The van der Waals surface area contributed by atoms with Crippen molar-refractivity contribution < 1.29 is 4.79 Å². The Morgan fingerprint density at radius 2 is 1.79 bits per heavy atom. The van der Waals surface area contributed by atoms with Crippen LogP contribution in [-0.2, 0) is 4.79 Å². The van der Waals surface area contributed by atoms with Crippen molar-refractivity contribution in [1.82, 2.24) is 9.80 Å². The quantitative estimate of drug-likeness (QED) is 0.826. The van der Waals surface area contributed by atoms with E-state index in [1.54, 1.807) is 0 Å². The first-order valence-corrected chi connectivity index (χ1v) is 7.56. The van der Waals surface area contributed by atoms with Crippen LogP contribution in [0, 0.1) is 5.41 Å². The molecular weight excluding hydrogens is 238 g/mol. The number of amides is 1. The minimum atomic E-state index is -0.0110. The second kappa shape index (κ2) is 7.25. The lowest BCUT2D eigenvalue weighted by Gasteiger charge is -2.34. The number of nitrogens with zero attached hydrogens (tertiary/aromatic N) is 2. The van der Waals surface area contributed by atoms with E-state index < -0.39 is 0 Å².